The van der Waals surface area contributed by atoms with Gasteiger partial charge in [0.15, 0.2) is 0 Å². The lowest BCUT2D eigenvalue weighted by molar-refractivity contribution is -0.131. The molecule has 1 fully saturated rings. The molecule has 14 heteroatoms. The zero-order chi connectivity index (χ0) is 46.1. The van der Waals surface area contributed by atoms with Gasteiger partial charge < -0.3 is 40.7 Å². The number of hydrogen-bond acceptors (Lipinski definition) is 9. The molecule has 1 aliphatic heterocycles. The Labute approximate surface area is 371 Å². The first-order chi connectivity index (χ1) is 29.6. The number of aromatic nitrogens is 2. The summed E-state index contributed by atoms with van der Waals surface area (Å²) in [4.78, 5) is 67.5. The Hall–Kier alpha value is -5.86. The van der Waals surface area contributed by atoms with Crippen molar-refractivity contribution in [2.75, 3.05) is 20.2 Å². The van der Waals surface area contributed by atoms with Gasteiger partial charge in [0, 0.05) is 30.9 Å². The molecule has 63 heavy (non-hydrogen) atoms. The highest BCUT2D eigenvalue weighted by atomic mass is 16.5. The fourth-order valence-corrected chi connectivity index (χ4v) is 7.92. The molecule has 3 heterocycles. The molecule has 1 saturated heterocycles. The van der Waals surface area contributed by atoms with Gasteiger partial charge in [-0.3, -0.25) is 19.6 Å². The molecule has 2 aromatic carbocycles. The summed E-state index contributed by atoms with van der Waals surface area (Å²) in [6.07, 6.45) is 0.435. The Morgan fingerprint density at radius 1 is 0.762 bits per heavy atom. The lowest BCUT2D eigenvalue weighted by Crippen LogP contribution is -2.59. The van der Waals surface area contributed by atoms with Gasteiger partial charge in [0.2, 0.25) is 11.8 Å². The van der Waals surface area contributed by atoms with Crippen LogP contribution in [-0.4, -0.2) is 104 Å². The van der Waals surface area contributed by atoms with Gasteiger partial charge in [-0.05, 0) is 79.3 Å². The Kier molecular flexibility index (Phi) is 15.7. The van der Waals surface area contributed by atoms with Crippen molar-refractivity contribution < 1.29 is 34.1 Å². The zero-order valence-electron chi connectivity index (χ0n) is 38.1. The molecule has 5 amide bonds. The van der Waals surface area contributed by atoms with Gasteiger partial charge in [-0.2, -0.15) is 0 Å². The highest BCUT2D eigenvalue weighted by Crippen LogP contribution is 2.30. The molecule has 0 bridgehead atoms. The standard InChI is InChI=1S/C49H65N7O7/c1-47(2,3)41(54-45(60)63-9)43(58)52-36(28-33-21-23-34(24-22-33)37-19-13-14-25-50-37)30-39(57)38(29-32-16-11-10-12-17-32)53-44(59)42(48(4,5)6)56-27-26-55(46(56)61)31-35-18-15-20-40(51-35)49(7,8)62/h10-25,36,38-39,41-42,57,62H,26-31H2,1-9H3,(H,52,58)(H,53,59)(H,54,60)/t36-,38+,39+,41?,42?/m1/s1. The molecule has 0 spiro atoms. The quantitative estimate of drug-likeness (QED) is 0.0850. The number of nitrogens with one attached hydrogen (secondary N) is 3. The first kappa shape index (κ1) is 48.2. The molecule has 1 aliphatic rings. The van der Waals surface area contributed by atoms with Crippen molar-refractivity contribution in [3.63, 3.8) is 0 Å². The maximum atomic E-state index is 14.7. The van der Waals surface area contributed by atoms with E-state index in [0.29, 0.717) is 30.9 Å². The maximum absolute atomic E-state index is 14.7. The van der Waals surface area contributed by atoms with E-state index in [1.165, 1.54) is 7.11 Å². The average Bonchev–Trinajstić information content (AvgIpc) is 3.56. The summed E-state index contributed by atoms with van der Waals surface area (Å²) in [6, 6.07) is 24.7. The van der Waals surface area contributed by atoms with Crippen LogP contribution in [0.1, 0.15) is 84.3 Å². The minimum Gasteiger partial charge on any atom is -0.453 e. The number of carbonyl (C=O) groups excluding carboxylic acids is 4. The fraction of sp³-hybridized carbons (Fsp3) is 0.469. The monoisotopic (exact) mass is 863 g/mol. The number of methoxy groups -OCH3 is 1. The minimum atomic E-state index is -1.17. The predicted octanol–water partition coefficient (Wildman–Crippen LogP) is 6.00. The average molecular weight is 864 g/mol. The number of urea groups is 1. The van der Waals surface area contributed by atoms with Crippen molar-refractivity contribution in [2.45, 2.75) is 117 Å². The summed E-state index contributed by atoms with van der Waals surface area (Å²) in [7, 11) is 1.23. The van der Waals surface area contributed by atoms with E-state index in [1.54, 1.807) is 48.0 Å². The van der Waals surface area contributed by atoms with Crippen LogP contribution in [-0.2, 0) is 39.3 Å². The number of aliphatic hydroxyl groups excluding tert-OH is 1. The summed E-state index contributed by atoms with van der Waals surface area (Å²) < 4.78 is 4.84. The van der Waals surface area contributed by atoms with Gasteiger partial charge in [0.25, 0.3) is 0 Å². The summed E-state index contributed by atoms with van der Waals surface area (Å²) in [5.41, 5.74) is 2.05. The van der Waals surface area contributed by atoms with Crippen LogP contribution in [0.2, 0.25) is 0 Å². The van der Waals surface area contributed by atoms with E-state index in [9.17, 15) is 29.4 Å². The van der Waals surface area contributed by atoms with Gasteiger partial charge in [0.05, 0.1) is 42.9 Å². The Bertz CT molecular complexity index is 2150. The third-order valence-electron chi connectivity index (χ3n) is 11.2. The van der Waals surface area contributed by atoms with E-state index in [-0.39, 0.29) is 25.4 Å². The smallest absolute Gasteiger partial charge is 0.407 e. The van der Waals surface area contributed by atoms with Gasteiger partial charge >= 0.3 is 12.1 Å². The van der Waals surface area contributed by atoms with E-state index < -0.39 is 64.6 Å². The first-order valence-electron chi connectivity index (χ1n) is 21.6. The van der Waals surface area contributed by atoms with Crippen molar-refractivity contribution >= 4 is 23.9 Å². The van der Waals surface area contributed by atoms with E-state index in [1.807, 2.05) is 114 Å². The number of nitrogens with zero attached hydrogens (tertiary/aromatic N) is 4. The van der Waals surface area contributed by atoms with Crippen LogP contribution < -0.4 is 16.0 Å². The van der Waals surface area contributed by atoms with Crippen molar-refractivity contribution in [3.05, 3.63) is 120 Å². The molecular weight excluding hydrogens is 799 g/mol. The minimum absolute atomic E-state index is 0.0356. The van der Waals surface area contributed by atoms with Crippen LogP contribution in [0.5, 0.6) is 0 Å². The van der Waals surface area contributed by atoms with Gasteiger partial charge in [-0.15, -0.1) is 0 Å². The largest absolute Gasteiger partial charge is 0.453 e. The number of aliphatic hydroxyl groups is 2. The Morgan fingerprint density at radius 3 is 2.03 bits per heavy atom. The van der Waals surface area contributed by atoms with Gasteiger partial charge in [-0.25, -0.2) is 9.59 Å². The van der Waals surface area contributed by atoms with E-state index in [4.69, 9.17) is 4.74 Å². The van der Waals surface area contributed by atoms with Crippen LogP contribution >= 0.6 is 0 Å². The lowest BCUT2D eigenvalue weighted by atomic mass is 9.84. The van der Waals surface area contributed by atoms with Crippen LogP contribution in [0, 0.1) is 10.8 Å². The SMILES string of the molecule is COC(=O)NC(C(=O)N[C@H](Cc1ccc(-c2ccccn2)cc1)C[C@H](O)[C@H](Cc1ccccc1)NC(=O)C(N1CCN(Cc2cccc(C(C)(C)O)n2)C1=O)C(C)(C)C)C(C)(C)C. The highest BCUT2D eigenvalue weighted by Gasteiger charge is 2.44. The number of carbonyl (C=O) groups is 4. The second-order valence-electron chi connectivity index (χ2n) is 19.1. The molecule has 0 radical (unpaired) electrons. The van der Waals surface area contributed by atoms with E-state index in [2.05, 4.69) is 25.9 Å². The topological polar surface area (TPSA) is 186 Å². The number of benzene rings is 2. The molecule has 338 valence electrons. The molecule has 0 saturated carbocycles. The molecule has 14 nitrogen and oxygen atoms in total. The molecule has 2 unspecified atom stereocenters. The highest BCUT2D eigenvalue weighted by molar-refractivity contribution is 5.89. The molecule has 0 aliphatic carbocycles. The third kappa shape index (κ3) is 13.3. The number of pyridine rings is 2. The number of alkyl carbamates (subject to hydrolysis) is 1. The normalized spacial score (nSPS) is 15.8. The molecule has 4 aromatic rings. The Morgan fingerprint density at radius 2 is 1.43 bits per heavy atom. The van der Waals surface area contributed by atoms with E-state index in [0.717, 1.165) is 22.4 Å². The van der Waals surface area contributed by atoms with Crippen molar-refractivity contribution in [2.24, 2.45) is 10.8 Å². The number of rotatable bonds is 17. The van der Waals surface area contributed by atoms with Crippen LogP contribution in [0.25, 0.3) is 11.3 Å². The van der Waals surface area contributed by atoms with Crippen molar-refractivity contribution in [3.8, 4) is 11.3 Å². The Balaban J connectivity index is 1.41. The van der Waals surface area contributed by atoms with E-state index >= 15 is 0 Å². The molecular formula is C49H65N7O7. The number of amides is 5. The maximum Gasteiger partial charge on any atom is 0.407 e. The second-order valence-corrected chi connectivity index (χ2v) is 19.1. The third-order valence-corrected chi connectivity index (χ3v) is 11.2. The first-order valence-corrected chi connectivity index (χ1v) is 21.6. The van der Waals surface area contributed by atoms with Crippen LogP contribution in [0.3, 0.4) is 0 Å². The summed E-state index contributed by atoms with van der Waals surface area (Å²) in [6.45, 7) is 15.4. The van der Waals surface area contributed by atoms with Crippen molar-refractivity contribution in [1.82, 2.24) is 35.7 Å². The van der Waals surface area contributed by atoms with Crippen LogP contribution in [0.4, 0.5) is 9.59 Å². The summed E-state index contributed by atoms with van der Waals surface area (Å²) in [5, 5.41) is 31.7. The fourth-order valence-electron chi connectivity index (χ4n) is 7.92. The zero-order valence-corrected chi connectivity index (χ0v) is 38.1. The molecule has 5 atom stereocenters. The number of hydrogen-bond donors (Lipinski definition) is 5. The van der Waals surface area contributed by atoms with Gasteiger partial charge in [-0.1, -0.05) is 108 Å². The number of ether oxygens (including phenoxy) is 1. The predicted molar refractivity (Wildman–Crippen MR) is 242 cm³/mol. The lowest BCUT2D eigenvalue weighted by Gasteiger charge is -2.38. The molecule has 2 aromatic heterocycles. The molecule has 5 N–H and O–H groups in total. The summed E-state index contributed by atoms with van der Waals surface area (Å²) in [5.74, 6) is -0.869. The summed E-state index contributed by atoms with van der Waals surface area (Å²) >= 11 is 0. The molecule has 5 rings (SSSR count). The van der Waals surface area contributed by atoms with Gasteiger partial charge in [0.1, 0.15) is 17.7 Å². The second kappa shape index (κ2) is 20.5. The van der Waals surface area contributed by atoms with Crippen molar-refractivity contribution in [1.29, 1.82) is 0 Å². The van der Waals surface area contributed by atoms with Crippen LogP contribution in [0.15, 0.2) is 97.2 Å².